The fourth-order valence-corrected chi connectivity index (χ4v) is 2.75. The Hall–Kier alpha value is -2.40. The highest BCUT2D eigenvalue weighted by Crippen LogP contribution is 2.21. The Morgan fingerprint density at radius 1 is 1.15 bits per heavy atom. The zero-order valence-electron chi connectivity index (χ0n) is 15.9. The Morgan fingerprint density at radius 2 is 1.85 bits per heavy atom. The van der Waals surface area contributed by atoms with E-state index in [1.54, 1.807) is 18.1 Å². The predicted octanol–water partition coefficient (Wildman–Crippen LogP) is 3.51. The van der Waals surface area contributed by atoms with Crippen molar-refractivity contribution in [3.05, 3.63) is 65.5 Å². The molecule has 5 heteroatoms. The zero-order valence-corrected chi connectivity index (χ0v) is 15.9. The average molecular weight is 355 g/mol. The van der Waals surface area contributed by atoms with Crippen LogP contribution in [0.25, 0.3) is 0 Å². The van der Waals surface area contributed by atoms with E-state index in [4.69, 9.17) is 0 Å². The molecule has 2 N–H and O–H groups in total. The first kappa shape index (κ1) is 19.9. The van der Waals surface area contributed by atoms with Gasteiger partial charge < -0.3 is 15.3 Å². The van der Waals surface area contributed by atoms with Gasteiger partial charge in [0.25, 0.3) is 0 Å². The van der Waals surface area contributed by atoms with Crippen molar-refractivity contribution in [2.75, 3.05) is 20.2 Å². The third kappa shape index (κ3) is 5.85. The molecule has 0 bridgehead atoms. The highest BCUT2D eigenvalue weighted by Gasteiger charge is 2.17. The number of benzene rings is 1. The van der Waals surface area contributed by atoms with Crippen molar-refractivity contribution in [2.24, 2.45) is 0 Å². The molecule has 26 heavy (non-hydrogen) atoms. The molecule has 2 rings (SSSR count). The van der Waals surface area contributed by atoms with Gasteiger partial charge in [-0.05, 0) is 35.6 Å². The number of pyridine rings is 1. The Kier molecular flexibility index (Phi) is 7.60. The summed E-state index contributed by atoms with van der Waals surface area (Å²) in [6.45, 7) is 4.91. The number of hydrogen-bond acceptors (Lipinski definition) is 3. The lowest BCUT2D eigenvalue weighted by molar-refractivity contribution is 0.200. The third-order valence-electron chi connectivity index (χ3n) is 4.50. The first-order chi connectivity index (χ1) is 12.5. The van der Waals surface area contributed by atoms with Crippen molar-refractivity contribution in [3.63, 3.8) is 0 Å². The van der Waals surface area contributed by atoms with E-state index in [0.717, 1.165) is 11.3 Å². The fraction of sp³-hybridized carbons (Fsp3) is 0.429. The molecule has 0 fully saturated rings. The first-order valence-corrected chi connectivity index (χ1v) is 9.13. The van der Waals surface area contributed by atoms with Gasteiger partial charge in [-0.2, -0.15) is 0 Å². The van der Waals surface area contributed by atoms with Crippen LogP contribution in [0.4, 0.5) is 4.79 Å². The number of nitrogens with one attached hydrogen (secondary N) is 1. The lowest BCUT2D eigenvalue weighted by Crippen LogP contribution is -2.40. The molecule has 1 atom stereocenters. The molecule has 0 unspecified atom stereocenters. The van der Waals surface area contributed by atoms with Gasteiger partial charge in [0.2, 0.25) is 0 Å². The summed E-state index contributed by atoms with van der Waals surface area (Å²) in [6.07, 6.45) is 2.95. The van der Waals surface area contributed by atoms with Gasteiger partial charge in [-0.25, -0.2) is 4.79 Å². The van der Waals surface area contributed by atoms with Gasteiger partial charge in [0.15, 0.2) is 0 Å². The molecule has 0 spiro atoms. The number of likely N-dealkylation sites (N-methyl/N-ethyl adjacent to an activating group) is 1. The van der Waals surface area contributed by atoms with Gasteiger partial charge in [0.1, 0.15) is 0 Å². The Balaban J connectivity index is 1.95. The minimum atomic E-state index is -0.203. The topological polar surface area (TPSA) is 65.5 Å². The molecular formula is C21H29N3O2. The first-order valence-electron chi connectivity index (χ1n) is 9.13. The predicted molar refractivity (Wildman–Crippen MR) is 104 cm³/mol. The summed E-state index contributed by atoms with van der Waals surface area (Å²) in [6, 6.07) is 13.7. The number of aliphatic hydroxyl groups is 1. The van der Waals surface area contributed by atoms with E-state index in [0.29, 0.717) is 25.3 Å². The fourth-order valence-electron chi connectivity index (χ4n) is 2.75. The van der Waals surface area contributed by atoms with Gasteiger partial charge in [-0.1, -0.05) is 44.2 Å². The highest BCUT2D eigenvalue weighted by atomic mass is 16.3. The monoisotopic (exact) mass is 355 g/mol. The van der Waals surface area contributed by atoms with Crippen LogP contribution < -0.4 is 5.32 Å². The average Bonchev–Trinajstić information content (AvgIpc) is 2.66. The Morgan fingerprint density at radius 3 is 2.42 bits per heavy atom. The second-order valence-corrected chi connectivity index (χ2v) is 6.83. The van der Waals surface area contributed by atoms with Crippen molar-refractivity contribution < 1.29 is 9.90 Å². The second kappa shape index (κ2) is 9.92. The lowest BCUT2D eigenvalue weighted by Gasteiger charge is -2.24. The van der Waals surface area contributed by atoms with Gasteiger partial charge in [-0.3, -0.25) is 4.98 Å². The number of carbonyl (C=O) groups is 1. The van der Waals surface area contributed by atoms with Crippen LogP contribution in [-0.4, -0.2) is 41.2 Å². The summed E-state index contributed by atoms with van der Waals surface area (Å²) in [5.74, 6) is 0.465. The van der Waals surface area contributed by atoms with E-state index in [9.17, 15) is 9.90 Å². The molecule has 5 nitrogen and oxygen atoms in total. The van der Waals surface area contributed by atoms with Gasteiger partial charge in [0, 0.05) is 38.5 Å². The van der Waals surface area contributed by atoms with Crippen molar-refractivity contribution in [1.29, 1.82) is 0 Å². The van der Waals surface area contributed by atoms with Crippen molar-refractivity contribution in [3.8, 4) is 0 Å². The third-order valence-corrected chi connectivity index (χ3v) is 4.50. The van der Waals surface area contributed by atoms with E-state index in [-0.39, 0.29) is 18.7 Å². The van der Waals surface area contributed by atoms with E-state index in [2.05, 4.69) is 36.3 Å². The van der Waals surface area contributed by atoms with E-state index in [1.165, 1.54) is 5.56 Å². The molecule has 2 aromatic rings. The number of aliphatic hydroxyl groups excluding tert-OH is 1. The summed E-state index contributed by atoms with van der Waals surface area (Å²) in [5, 5.41) is 12.4. The van der Waals surface area contributed by atoms with Crippen LogP contribution in [-0.2, 0) is 6.42 Å². The molecular weight excluding hydrogens is 326 g/mol. The van der Waals surface area contributed by atoms with Gasteiger partial charge in [-0.15, -0.1) is 0 Å². The van der Waals surface area contributed by atoms with Crippen molar-refractivity contribution in [2.45, 2.75) is 38.6 Å². The van der Waals surface area contributed by atoms with Crippen LogP contribution in [0.15, 0.2) is 48.7 Å². The van der Waals surface area contributed by atoms with E-state index >= 15 is 0 Å². The number of rotatable bonds is 8. The van der Waals surface area contributed by atoms with Gasteiger partial charge >= 0.3 is 6.03 Å². The maximum Gasteiger partial charge on any atom is 0.317 e. The number of hydrogen-bond donors (Lipinski definition) is 2. The normalized spacial score (nSPS) is 12.0. The van der Waals surface area contributed by atoms with Crippen molar-refractivity contribution in [1.82, 2.24) is 15.2 Å². The summed E-state index contributed by atoms with van der Waals surface area (Å²) in [5.41, 5.74) is 3.23. The molecule has 140 valence electrons. The second-order valence-electron chi connectivity index (χ2n) is 6.83. The van der Waals surface area contributed by atoms with E-state index in [1.807, 2.05) is 30.3 Å². The maximum atomic E-state index is 12.5. The maximum absolute atomic E-state index is 12.5. The molecule has 0 saturated heterocycles. The minimum Gasteiger partial charge on any atom is -0.396 e. The molecule has 1 aromatic carbocycles. The van der Waals surface area contributed by atoms with Crippen molar-refractivity contribution >= 4 is 6.03 Å². The molecule has 0 aliphatic carbocycles. The van der Waals surface area contributed by atoms with Crippen LogP contribution in [0, 0.1) is 0 Å². The van der Waals surface area contributed by atoms with Gasteiger partial charge in [0.05, 0.1) is 6.04 Å². The standard InChI is InChI=1S/C21H29N3O2/c1-16(2)17-7-9-18(10-8-17)20(12-15-25)23-21(26)24(3)14-11-19-6-4-5-13-22-19/h4-10,13,16,20,25H,11-12,14-15H2,1-3H3,(H,23,26)/t20-/m0/s1. The molecule has 2 amide bonds. The molecule has 0 radical (unpaired) electrons. The molecule has 0 saturated carbocycles. The largest absolute Gasteiger partial charge is 0.396 e. The summed E-state index contributed by atoms with van der Waals surface area (Å²) >= 11 is 0. The number of nitrogens with zero attached hydrogens (tertiary/aromatic N) is 2. The highest BCUT2D eigenvalue weighted by molar-refractivity contribution is 5.74. The zero-order chi connectivity index (χ0) is 18.9. The van der Waals surface area contributed by atoms with Crippen LogP contribution in [0.2, 0.25) is 0 Å². The Labute approximate surface area is 156 Å². The minimum absolute atomic E-state index is 0.0223. The number of urea groups is 1. The summed E-state index contributed by atoms with van der Waals surface area (Å²) in [4.78, 5) is 18.4. The number of amides is 2. The SMILES string of the molecule is CC(C)c1ccc([C@H](CCO)NC(=O)N(C)CCc2ccccn2)cc1. The Bertz CT molecular complexity index is 671. The quantitative estimate of drug-likeness (QED) is 0.761. The summed E-state index contributed by atoms with van der Waals surface area (Å²) in [7, 11) is 1.77. The van der Waals surface area contributed by atoms with Crippen LogP contribution >= 0.6 is 0 Å². The molecule has 0 aliphatic heterocycles. The molecule has 0 aliphatic rings. The molecule has 1 aromatic heterocycles. The number of carbonyl (C=O) groups excluding carboxylic acids is 1. The van der Waals surface area contributed by atoms with Crippen LogP contribution in [0.5, 0.6) is 0 Å². The van der Waals surface area contributed by atoms with Crippen LogP contribution in [0.3, 0.4) is 0 Å². The van der Waals surface area contributed by atoms with Crippen LogP contribution in [0.1, 0.15) is 49.0 Å². The summed E-state index contributed by atoms with van der Waals surface area (Å²) < 4.78 is 0. The number of aromatic nitrogens is 1. The van der Waals surface area contributed by atoms with E-state index < -0.39 is 0 Å². The lowest BCUT2D eigenvalue weighted by atomic mass is 9.98. The smallest absolute Gasteiger partial charge is 0.317 e. The molecule has 1 heterocycles.